The molecule has 0 unspecified atom stereocenters. The predicted molar refractivity (Wildman–Crippen MR) is 147 cm³/mol. The first-order valence-corrected chi connectivity index (χ1v) is 13.9. The third kappa shape index (κ3) is 7.11. The summed E-state index contributed by atoms with van der Waals surface area (Å²) in [5, 5.41) is 3.17. The van der Waals surface area contributed by atoms with Crippen molar-refractivity contribution in [2.75, 3.05) is 17.4 Å². The molecule has 7 nitrogen and oxygen atoms in total. The largest absolute Gasteiger partial charge is 0.354 e. The van der Waals surface area contributed by atoms with Gasteiger partial charge in [0.25, 0.3) is 10.0 Å². The topological polar surface area (TPSA) is 86.8 Å². The Labute approximate surface area is 224 Å². The zero-order valence-electron chi connectivity index (χ0n) is 21.2. The van der Waals surface area contributed by atoms with Crippen LogP contribution in [-0.4, -0.2) is 44.3 Å². The summed E-state index contributed by atoms with van der Waals surface area (Å²) < 4.78 is 28.4. The molecule has 0 saturated carbocycles. The standard InChI is InChI=1S/C28H32ClN3O4S/c1-4-17-30-28(34)22(3)31(19-23-12-9-8-11-21(23)2)27(33)20-32(25-14-10-13-24(29)18-25)37(35,36)26-15-6-5-7-16-26/h5-16,18,22H,4,17,19-20H2,1-3H3,(H,30,34)/t22-/m0/s1. The Balaban J connectivity index is 2.02. The summed E-state index contributed by atoms with van der Waals surface area (Å²) >= 11 is 6.18. The molecule has 37 heavy (non-hydrogen) atoms. The lowest BCUT2D eigenvalue weighted by atomic mass is 10.1. The molecule has 2 amide bonds. The summed E-state index contributed by atoms with van der Waals surface area (Å²) in [7, 11) is -4.11. The van der Waals surface area contributed by atoms with Gasteiger partial charge >= 0.3 is 0 Å². The molecular formula is C28H32ClN3O4S. The smallest absolute Gasteiger partial charge is 0.264 e. The molecular weight excluding hydrogens is 510 g/mol. The fourth-order valence-corrected chi connectivity index (χ4v) is 5.44. The van der Waals surface area contributed by atoms with E-state index in [0.29, 0.717) is 11.6 Å². The Hall–Kier alpha value is -3.36. The maximum absolute atomic E-state index is 13.8. The van der Waals surface area contributed by atoms with Crippen LogP contribution >= 0.6 is 11.6 Å². The van der Waals surface area contributed by atoms with Crippen molar-refractivity contribution in [3.8, 4) is 0 Å². The van der Waals surface area contributed by atoms with Crippen molar-refractivity contribution < 1.29 is 18.0 Å². The van der Waals surface area contributed by atoms with Gasteiger partial charge in [-0.2, -0.15) is 0 Å². The second kappa shape index (κ2) is 12.7. The van der Waals surface area contributed by atoms with Gasteiger partial charge in [-0.3, -0.25) is 13.9 Å². The van der Waals surface area contributed by atoms with E-state index in [1.165, 1.54) is 23.1 Å². The number of nitrogens with one attached hydrogen (secondary N) is 1. The van der Waals surface area contributed by atoms with E-state index >= 15 is 0 Å². The van der Waals surface area contributed by atoms with Crippen LogP contribution in [-0.2, 0) is 26.2 Å². The number of amides is 2. The molecule has 3 aromatic rings. The first-order chi connectivity index (χ1) is 17.6. The lowest BCUT2D eigenvalue weighted by molar-refractivity contribution is -0.139. The van der Waals surface area contributed by atoms with E-state index in [1.54, 1.807) is 43.3 Å². The molecule has 0 bridgehead atoms. The molecule has 3 aromatic carbocycles. The number of hydrogen-bond acceptors (Lipinski definition) is 4. The Bertz CT molecular complexity index is 1330. The Morgan fingerprint density at radius 2 is 1.65 bits per heavy atom. The van der Waals surface area contributed by atoms with E-state index < -0.39 is 28.5 Å². The number of nitrogens with zero attached hydrogens (tertiary/aromatic N) is 2. The van der Waals surface area contributed by atoms with Crippen molar-refractivity contribution in [3.63, 3.8) is 0 Å². The van der Waals surface area contributed by atoms with Crippen LogP contribution in [0.15, 0.2) is 83.8 Å². The predicted octanol–water partition coefficient (Wildman–Crippen LogP) is 4.79. The van der Waals surface area contributed by atoms with E-state index in [4.69, 9.17) is 11.6 Å². The molecule has 1 atom stereocenters. The van der Waals surface area contributed by atoms with Crippen molar-refractivity contribution in [3.05, 3.63) is 95.0 Å². The number of rotatable bonds is 11. The van der Waals surface area contributed by atoms with E-state index in [9.17, 15) is 18.0 Å². The van der Waals surface area contributed by atoms with Crippen LogP contribution in [0.3, 0.4) is 0 Å². The Morgan fingerprint density at radius 3 is 2.30 bits per heavy atom. The van der Waals surface area contributed by atoms with Crippen molar-refractivity contribution in [2.24, 2.45) is 0 Å². The minimum absolute atomic E-state index is 0.0435. The minimum atomic E-state index is -4.11. The van der Waals surface area contributed by atoms with Crippen LogP contribution in [0.4, 0.5) is 5.69 Å². The van der Waals surface area contributed by atoms with E-state index in [0.717, 1.165) is 21.9 Å². The number of aryl methyl sites for hydroxylation is 1. The molecule has 0 radical (unpaired) electrons. The van der Waals surface area contributed by atoms with Crippen LogP contribution in [0, 0.1) is 6.92 Å². The average Bonchev–Trinajstić information content (AvgIpc) is 2.89. The summed E-state index contributed by atoms with van der Waals surface area (Å²) in [6.07, 6.45) is 0.752. The summed E-state index contributed by atoms with van der Waals surface area (Å²) in [6, 6.07) is 21.0. The van der Waals surface area contributed by atoms with Gasteiger partial charge in [0.2, 0.25) is 11.8 Å². The Morgan fingerprint density at radius 1 is 0.973 bits per heavy atom. The average molecular weight is 542 g/mol. The first kappa shape index (κ1) is 28.2. The highest BCUT2D eigenvalue weighted by Gasteiger charge is 2.32. The summed E-state index contributed by atoms with van der Waals surface area (Å²) in [6.45, 7) is 5.65. The third-order valence-electron chi connectivity index (χ3n) is 6.02. The fourth-order valence-electron chi connectivity index (χ4n) is 3.83. The number of carbonyl (C=O) groups excluding carboxylic acids is 2. The summed E-state index contributed by atoms with van der Waals surface area (Å²) in [5.41, 5.74) is 2.08. The highest BCUT2D eigenvalue weighted by molar-refractivity contribution is 7.92. The van der Waals surface area contributed by atoms with Gasteiger partial charge in [-0.25, -0.2) is 8.42 Å². The minimum Gasteiger partial charge on any atom is -0.354 e. The van der Waals surface area contributed by atoms with Crippen LogP contribution in [0.1, 0.15) is 31.4 Å². The molecule has 0 spiro atoms. The SMILES string of the molecule is CCCNC(=O)[C@H](C)N(Cc1ccccc1C)C(=O)CN(c1cccc(Cl)c1)S(=O)(=O)c1ccccc1. The number of carbonyl (C=O) groups is 2. The number of sulfonamides is 1. The number of hydrogen-bond donors (Lipinski definition) is 1. The molecule has 1 N–H and O–H groups in total. The normalized spacial score (nSPS) is 12.0. The van der Waals surface area contributed by atoms with Gasteiger partial charge in [0.15, 0.2) is 0 Å². The highest BCUT2D eigenvalue weighted by Crippen LogP contribution is 2.27. The Kier molecular flexibility index (Phi) is 9.72. The molecule has 0 fully saturated rings. The second-order valence-corrected chi connectivity index (χ2v) is 11.0. The van der Waals surface area contributed by atoms with Crippen LogP contribution in [0.25, 0.3) is 0 Å². The van der Waals surface area contributed by atoms with Crippen LogP contribution < -0.4 is 9.62 Å². The van der Waals surface area contributed by atoms with Gasteiger partial charge in [0, 0.05) is 18.1 Å². The molecule has 0 aliphatic heterocycles. The van der Waals surface area contributed by atoms with Crippen LogP contribution in [0.5, 0.6) is 0 Å². The third-order valence-corrected chi connectivity index (χ3v) is 8.05. The summed E-state index contributed by atoms with van der Waals surface area (Å²) in [5.74, 6) is -0.814. The van der Waals surface area contributed by atoms with Gasteiger partial charge in [-0.15, -0.1) is 0 Å². The van der Waals surface area contributed by atoms with Crippen LogP contribution in [0.2, 0.25) is 5.02 Å². The number of benzene rings is 3. The van der Waals surface area contributed by atoms with E-state index in [1.807, 2.05) is 38.1 Å². The number of anilines is 1. The maximum atomic E-state index is 13.8. The maximum Gasteiger partial charge on any atom is 0.264 e. The summed E-state index contributed by atoms with van der Waals surface area (Å²) in [4.78, 5) is 28.2. The molecule has 0 aliphatic carbocycles. The first-order valence-electron chi connectivity index (χ1n) is 12.1. The fraction of sp³-hybridized carbons (Fsp3) is 0.286. The number of halogens is 1. The lowest BCUT2D eigenvalue weighted by Crippen LogP contribution is -2.51. The zero-order valence-corrected chi connectivity index (χ0v) is 22.8. The van der Waals surface area contributed by atoms with Crippen molar-refractivity contribution in [1.82, 2.24) is 10.2 Å². The zero-order chi connectivity index (χ0) is 27.0. The van der Waals surface area contributed by atoms with Crippen molar-refractivity contribution in [1.29, 1.82) is 0 Å². The van der Waals surface area contributed by atoms with E-state index in [-0.39, 0.29) is 23.0 Å². The second-order valence-electron chi connectivity index (χ2n) is 8.72. The van der Waals surface area contributed by atoms with Gasteiger partial charge in [0.05, 0.1) is 10.6 Å². The van der Waals surface area contributed by atoms with Gasteiger partial charge in [-0.1, -0.05) is 67.1 Å². The molecule has 0 heterocycles. The molecule has 0 aromatic heterocycles. The van der Waals surface area contributed by atoms with Gasteiger partial charge in [-0.05, 0) is 61.7 Å². The molecule has 196 valence electrons. The quantitative estimate of drug-likeness (QED) is 0.378. The van der Waals surface area contributed by atoms with Gasteiger partial charge in [0.1, 0.15) is 12.6 Å². The molecule has 0 aliphatic rings. The van der Waals surface area contributed by atoms with Gasteiger partial charge < -0.3 is 10.2 Å². The molecule has 0 saturated heterocycles. The highest BCUT2D eigenvalue weighted by atomic mass is 35.5. The monoisotopic (exact) mass is 541 g/mol. The molecule has 9 heteroatoms. The molecule has 3 rings (SSSR count). The van der Waals surface area contributed by atoms with Crippen molar-refractivity contribution >= 4 is 39.1 Å². The van der Waals surface area contributed by atoms with E-state index in [2.05, 4.69) is 5.32 Å². The lowest BCUT2D eigenvalue weighted by Gasteiger charge is -2.32. The van der Waals surface area contributed by atoms with Crippen molar-refractivity contribution in [2.45, 2.75) is 44.7 Å².